The Hall–Kier alpha value is -1.13. The molecule has 1 fully saturated rings. The van der Waals surface area contributed by atoms with Crippen molar-refractivity contribution in [3.8, 4) is 0 Å². The third-order valence-corrected chi connectivity index (χ3v) is 2.91. The molecule has 0 aromatic carbocycles. The number of rotatable bonds is 2. The van der Waals surface area contributed by atoms with Gasteiger partial charge in [0.1, 0.15) is 5.82 Å². The van der Waals surface area contributed by atoms with Crippen LogP contribution in [0.4, 0.5) is 5.82 Å². The molecule has 2 heterocycles. The lowest BCUT2D eigenvalue weighted by molar-refractivity contribution is 0.506. The average Bonchev–Trinajstić information content (AvgIpc) is 2.50. The van der Waals surface area contributed by atoms with Gasteiger partial charge in [0.2, 0.25) is 0 Å². The van der Waals surface area contributed by atoms with Gasteiger partial charge in [0.25, 0.3) is 0 Å². The van der Waals surface area contributed by atoms with Gasteiger partial charge in [-0.25, -0.2) is 4.98 Å². The first-order valence-electron chi connectivity index (χ1n) is 5.34. The minimum absolute atomic E-state index is 0.244. The number of pyridine rings is 1. The van der Waals surface area contributed by atoms with E-state index in [9.17, 15) is 0 Å². The van der Waals surface area contributed by atoms with E-state index in [4.69, 9.17) is 11.5 Å². The predicted octanol–water partition coefficient (Wildman–Crippen LogP) is 0.0614. The minimum atomic E-state index is 0.244. The molecule has 82 valence electrons. The first-order valence-corrected chi connectivity index (χ1v) is 5.34. The number of anilines is 1. The van der Waals surface area contributed by atoms with Crippen LogP contribution in [0, 0.1) is 12.8 Å². The molecule has 2 atom stereocenters. The number of nitrogens with zero attached hydrogens (tertiary/aromatic N) is 1. The second kappa shape index (κ2) is 4.16. The van der Waals surface area contributed by atoms with Crippen molar-refractivity contribution >= 4 is 5.82 Å². The maximum atomic E-state index is 5.98. The molecule has 0 bridgehead atoms. The molecule has 0 spiro atoms. The van der Waals surface area contributed by atoms with Crippen molar-refractivity contribution in [1.82, 2.24) is 10.3 Å². The molecule has 4 nitrogen and oxygen atoms in total. The summed E-state index contributed by atoms with van der Waals surface area (Å²) >= 11 is 0. The lowest BCUT2D eigenvalue weighted by atomic mass is 9.98. The van der Waals surface area contributed by atoms with Crippen LogP contribution in [0.5, 0.6) is 0 Å². The molecule has 1 aliphatic rings. The van der Waals surface area contributed by atoms with Crippen molar-refractivity contribution in [2.24, 2.45) is 11.7 Å². The lowest BCUT2D eigenvalue weighted by Crippen LogP contribution is -2.30. The number of nitrogens with two attached hydrogens (primary N) is 2. The molecule has 1 saturated heterocycles. The fourth-order valence-electron chi connectivity index (χ4n) is 2.12. The van der Waals surface area contributed by atoms with Crippen molar-refractivity contribution in [2.75, 3.05) is 18.8 Å². The lowest BCUT2D eigenvalue weighted by Gasteiger charge is -2.13. The summed E-state index contributed by atoms with van der Waals surface area (Å²) in [5, 5.41) is 3.29. The van der Waals surface area contributed by atoms with Crippen LogP contribution in [0.2, 0.25) is 0 Å². The van der Waals surface area contributed by atoms with Crippen LogP contribution in [0.1, 0.15) is 11.3 Å². The van der Waals surface area contributed by atoms with E-state index < -0.39 is 0 Å². The van der Waals surface area contributed by atoms with E-state index in [0.717, 1.165) is 30.8 Å². The van der Waals surface area contributed by atoms with Gasteiger partial charge in [0.15, 0.2) is 0 Å². The smallest absolute Gasteiger partial charge is 0.123 e. The molecular formula is C11H18N4. The third-order valence-electron chi connectivity index (χ3n) is 2.91. The van der Waals surface area contributed by atoms with Gasteiger partial charge in [-0.1, -0.05) is 0 Å². The van der Waals surface area contributed by atoms with Gasteiger partial charge in [0, 0.05) is 18.3 Å². The molecule has 1 aromatic heterocycles. The van der Waals surface area contributed by atoms with Gasteiger partial charge in [0.05, 0.1) is 0 Å². The molecule has 15 heavy (non-hydrogen) atoms. The van der Waals surface area contributed by atoms with Crippen molar-refractivity contribution in [2.45, 2.75) is 19.4 Å². The summed E-state index contributed by atoms with van der Waals surface area (Å²) in [5.74, 6) is 1.09. The van der Waals surface area contributed by atoms with Crippen LogP contribution in [0.15, 0.2) is 12.1 Å². The third kappa shape index (κ3) is 2.46. The number of aryl methyl sites for hydroxylation is 1. The molecule has 1 aromatic rings. The highest BCUT2D eigenvalue weighted by atomic mass is 15.0. The standard InChI is InChI=1S/C11H18N4/c1-7-2-9(15-11(13)3-7)4-8-5-14-6-10(8)12/h2-3,8,10,14H,4-6,12H2,1H3,(H2,13,15)/t8?,10-/m1/s1. The molecule has 0 radical (unpaired) electrons. The zero-order valence-corrected chi connectivity index (χ0v) is 9.03. The van der Waals surface area contributed by atoms with E-state index in [1.165, 1.54) is 0 Å². The summed E-state index contributed by atoms with van der Waals surface area (Å²) in [7, 11) is 0. The second-order valence-electron chi connectivity index (χ2n) is 4.35. The van der Waals surface area contributed by atoms with Gasteiger partial charge >= 0.3 is 0 Å². The first kappa shape index (κ1) is 10.4. The topological polar surface area (TPSA) is 77.0 Å². The quantitative estimate of drug-likeness (QED) is 0.639. The Kier molecular flexibility index (Phi) is 2.88. The van der Waals surface area contributed by atoms with Gasteiger partial charge in [-0.2, -0.15) is 0 Å². The fraction of sp³-hybridized carbons (Fsp3) is 0.545. The molecule has 1 aliphatic heterocycles. The van der Waals surface area contributed by atoms with Crippen molar-refractivity contribution in [3.05, 3.63) is 23.4 Å². The summed E-state index contributed by atoms with van der Waals surface area (Å²) in [5.41, 5.74) is 13.9. The molecule has 5 N–H and O–H groups in total. The number of hydrogen-bond donors (Lipinski definition) is 3. The zero-order valence-electron chi connectivity index (χ0n) is 9.03. The van der Waals surface area contributed by atoms with E-state index in [1.54, 1.807) is 0 Å². The van der Waals surface area contributed by atoms with E-state index in [0.29, 0.717) is 11.7 Å². The Bertz CT molecular complexity index is 330. The second-order valence-corrected chi connectivity index (χ2v) is 4.35. The van der Waals surface area contributed by atoms with E-state index in [2.05, 4.69) is 16.4 Å². The predicted molar refractivity (Wildman–Crippen MR) is 61.4 cm³/mol. The van der Waals surface area contributed by atoms with Crippen molar-refractivity contribution < 1.29 is 0 Å². The highest BCUT2D eigenvalue weighted by Crippen LogP contribution is 2.15. The van der Waals surface area contributed by atoms with Crippen LogP contribution in [0.25, 0.3) is 0 Å². The molecule has 0 saturated carbocycles. The number of nitrogens with one attached hydrogen (secondary N) is 1. The molecule has 0 amide bonds. The van der Waals surface area contributed by atoms with E-state index in [-0.39, 0.29) is 6.04 Å². The maximum Gasteiger partial charge on any atom is 0.123 e. The summed E-state index contributed by atoms with van der Waals surface area (Å²) in [6.45, 7) is 3.93. The van der Waals surface area contributed by atoms with Crippen LogP contribution in [-0.4, -0.2) is 24.1 Å². The Morgan fingerprint density at radius 2 is 2.27 bits per heavy atom. The summed E-state index contributed by atoms with van der Waals surface area (Å²) in [6, 6.07) is 4.21. The summed E-state index contributed by atoms with van der Waals surface area (Å²) in [4.78, 5) is 4.33. The molecule has 1 unspecified atom stereocenters. The molecular weight excluding hydrogens is 188 g/mol. The highest BCUT2D eigenvalue weighted by Gasteiger charge is 2.24. The van der Waals surface area contributed by atoms with Crippen molar-refractivity contribution in [3.63, 3.8) is 0 Å². The SMILES string of the molecule is Cc1cc(N)nc(CC2CNC[C@H]2N)c1. The number of nitrogen functional groups attached to an aromatic ring is 1. The van der Waals surface area contributed by atoms with Crippen LogP contribution in [0.3, 0.4) is 0 Å². The highest BCUT2D eigenvalue weighted by molar-refractivity contribution is 5.34. The Balaban J connectivity index is 2.10. The molecule has 0 aliphatic carbocycles. The van der Waals surface area contributed by atoms with E-state index in [1.807, 2.05) is 13.0 Å². The Labute approximate surface area is 90.1 Å². The van der Waals surface area contributed by atoms with Gasteiger partial charge in [-0.15, -0.1) is 0 Å². The Morgan fingerprint density at radius 3 is 2.87 bits per heavy atom. The largest absolute Gasteiger partial charge is 0.384 e. The van der Waals surface area contributed by atoms with Crippen LogP contribution >= 0.6 is 0 Å². The summed E-state index contributed by atoms with van der Waals surface area (Å²) in [6.07, 6.45) is 0.917. The zero-order chi connectivity index (χ0) is 10.8. The monoisotopic (exact) mass is 206 g/mol. The molecule has 4 heteroatoms. The van der Waals surface area contributed by atoms with Gasteiger partial charge < -0.3 is 16.8 Å². The van der Waals surface area contributed by atoms with Gasteiger partial charge in [-0.05, 0) is 43.5 Å². The maximum absolute atomic E-state index is 5.98. The van der Waals surface area contributed by atoms with Crippen LogP contribution in [-0.2, 0) is 6.42 Å². The van der Waals surface area contributed by atoms with E-state index >= 15 is 0 Å². The number of hydrogen-bond acceptors (Lipinski definition) is 4. The normalized spacial score (nSPS) is 25.7. The van der Waals surface area contributed by atoms with Crippen molar-refractivity contribution in [1.29, 1.82) is 0 Å². The minimum Gasteiger partial charge on any atom is -0.384 e. The summed E-state index contributed by atoms with van der Waals surface area (Å²) < 4.78 is 0. The first-order chi connectivity index (χ1) is 7.15. The van der Waals surface area contributed by atoms with Gasteiger partial charge in [-0.3, -0.25) is 0 Å². The number of aromatic nitrogens is 1. The fourth-order valence-corrected chi connectivity index (χ4v) is 2.12. The Morgan fingerprint density at radius 1 is 1.47 bits per heavy atom. The average molecular weight is 206 g/mol. The molecule has 2 rings (SSSR count). The van der Waals surface area contributed by atoms with Crippen LogP contribution < -0.4 is 16.8 Å².